The average Bonchev–Trinajstić information content (AvgIpc) is 2.85. The Morgan fingerprint density at radius 2 is 2.24 bits per heavy atom. The van der Waals surface area contributed by atoms with Gasteiger partial charge in [-0.15, -0.1) is 0 Å². The molecular weight excluding hydrogens is 252 g/mol. The number of carbonyl (C=O) groups excluding carboxylic acids is 1. The van der Waals surface area contributed by atoms with Crippen LogP contribution in [0.25, 0.3) is 0 Å². The maximum absolute atomic E-state index is 12.1. The fourth-order valence-corrected chi connectivity index (χ4v) is 5.28. The molecule has 1 aliphatic heterocycles. The van der Waals surface area contributed by atoms with E-state index >= 15 is 0 Å². The Labute approximate surface area is 112 Å². The number of thioether (sulfide) groups is 2. The smallest absolute Gasteiger partial charge is 0.223 e. The van der Waals surface area contributed by atoms with Crippen LogP contribution in [0.2, 0.25) is 0 Å². The summed E-state index contributed by atoms with van der Waals surface area (Å²) < 4.78 is 0. The lowest BCUT2D eigenvalue weighted by Gasteiger charge is -2.23. The molecule has 0 spiro atoms. The summed E-state index contributed by atoms with van der Waals surface area (Å²) in [5.41, 5.74) is 5.71. The van der Waals surface area contributed by atoms with Gasteiger partial charge in [-0.3, -0.25) is 4.79 Å². The summed E-state index contributed by atoms with van der Waals surface area (Å²) in [6.45, 7) is 1.50. The van der Waals surface area contributed by atoms with Gasteiger partial charge in [0.2, 0.25) is 5.91 Å². The van der Waals surface area contributed by atoms with E-state index in [2.05, 4.69) is 5.32 Å². The number of rotatable bonds is 4. The number of hydrogen-bond acceptors (Lipinski definition) is 4. The van der Waals surface area contributed by atoms with E-state index in [4.69, 9.17) is 5.73 Å². The molecule has 3 N–H and O–H groups in total. The van der Waals surface area contributed by atoms with Crippen LogP contribution in [0, 0.1) is 11.8 Å². The zero-order chi connectivity index (χ0) is 12.1. The van der Waals surface area contributed by atoms with E-state index in [0.717, 1.165) is 25.8 Å². The van der Waals surface area contributed by atoms with E-state index in [-0.39, 0.29) is 11.8 Å². The monoisotopic (exact) mass is 274 g/mol. The van der Waals surface area contributed by atoms with Crippen molar-refractivity contribution in [3.63, 3.8) is 0 Å². The molecular formula is C12H22N2OS2. The first-order valence-electron chi connectivity index (χ1n) is 6.48. The van der Waals surface area contributed by atoms with Gasteiger partial charge in [0.1, 0.15) is 0 Å². The normalized spacial score (nSPS) is 33.6. The number of carbonyl (C=O) groups is 1. The highest BCUT2D eigenvalue weighted by atomic mass is 32.2. The molecule has 1 unspecified atom stereocenters. The molecule has 2 aliphatic rings. The van der Waals surface area contributed by atoms with Gasteiger partial charge in [-0.2, -0.15) is 23.5 Å². The molecule has 0 radical (unpaired) electrons. The highest BCUT2D eigenvalue weighted by molar-refractivity contribution is 8.06. The molecule has 3 atom stereocenters. The molecule has 2 rings (SSSR count). The van der Waals surface area contributed by atoms with Crippen molar-refractivity contribution >= 4 is 29.4 Å². The number of nitrogens with two attached hydrogens (primary N) is 1. The largest absolute Gasteiger partial charge is 0.355 e. The van der Waals surface area contributed by atoms with Crippen molar-refractivity contribution in [1.82, 2.24) is 5.32 Å². The van der Waals surface area contributed by atoms with Gasteiger partial charge < -0.3 is 11.1 Å². The minimum Gasteiger partial charge on any atom is -0.355 e. The van der Waals surface area contributed by atoms with Crippen LogP contribution < -0.4 is 11.1 Å². The Morgan fingerprint density at radius 3 is 2.94 bits per heavy atom. The first kappa shape index (κ1) is 13.6. The summed E-state index contributed by atoms with van der Waals surface area (Å²) in [6.07, 6.45) is 3.32. The Hall–Kier alpha value is 0.130. The van der Waals surface area contributed by atoms with E-state index in [9.17, 15) is 4.79 Å². The fourth-order valence-electron chi connectivity index (χ4n) is 2.66. The zero-order valence-electron chi connectivity index (χ0n) is 10.2. The van der Waals surface area contributed by atoms with E-state index in [1.54, 1.807) is 0 Å². The third-order valence-corrected chi connectivity index (χ3v) is 6.53. The van der Waals surface area contributed by atoms with Crippen LogP contribution in [0.3, 0.4) is 0 Å². The number of amides is 1. The van der Waals surface area contributed by atoms with Crippen LogP contribution in [0.1, 0.15) is 19.3 Å². The SMILES string of the molecule is NC[C@H]1CCC[C@H]1C(=O)NCC1CSCCS1. The van der Waals surface area contributed by atoms with E-state index in [1.165, 1.54) is 17.3 Å². The van der Waals surface area contributed by atoms with Crippen molar-refractivity contribution in [3.8, 4) is 0 Å². The second-order valence-electron chi connectivity index (χ2n) is 4.85. The summed E-state index contributed by atoms with van der Waals surface area (Å²) in [6, 6.07) is 0. The first-order valence-corrected chi connectivity index (χ1v) is 8.68. The standard InChI is InChI=1S/C12H22N2OS2/c13-6-9-2-1-3-11(9)12(15)14-7-10-8-16-4-5-17-10/h9-11H,1-8,13H2,(H,14,15)/t9-,10?,11-/m1/s1. The van der Waals surface area contributed by atoms with Gasteiger partial charge in [-0.05, 0) is 25.3 Å². The van der Waals surface area contributed by atoms with Gasteiger partial charge in [-0.1, -0.05) is 6.42 Å². The topological polar surface area (TPSA) is 55.1 Å². The Balaban J connectivity index is 1.72. The summed E-state index contributed by atoms with van der Waals surface area (Å²) >= 11 is 3.99. The minimum atomic E-state index is 0.182. The van der Waals surface area contributed by atoms with Crippen LogP contribution in [-0.2, 0) is 4.79 Å². The fraction of sp³-hybridized carbons (Fsp3) is 0.917. The highest BCUT2D eigenvalue weighted by Crippen LogP contribution is 2.31. The zero-order valence-corrected chi connectivity index (χ0v) is 11.8. The Kier molecular flexibility index (Phi) is 5.50. The number of hydrogen-bond donors (Lipinski definition) is 2. The maximum Gasteiger partial charge on any atom is 0.223 e. The summed E-state index contributed by atoms with van der Waals surface area (Å²) in [5.74, 6) is 4.50. The van der Waals surface area contributed by atoms with E-state index < -0.39 is 0 Å². The van der Waals surface area contributed by atoms with E-state index in [0.29, 0.717) is 17.7 Å². The Morgan fingerprint density at radius 1 is 1.35 bits per heavy atom. The van der Waals surface area contributed by atoms with Crippen LogP contribution in [-0.4, -0.2) is 41.5 Å². The van der Waals surface area contributed by atoms with Crippen molar-refractivity contribution in [2.45, 2.75) is 24.5 Å². The summed E-state index contributed by atoms with van der Waals surface area (Å²) in [4.78, 5) is 12.1. The van der Waals surface area contributed by atoms with Crippen LogP contribution >= 0.6 is 23.5 Å². The maximum atomic E-state index is 12.1. The molecule has 1 saturated carbocycles. The van der Waals surface area contributed by atoms with Gasteiger partial charge in [0, 0.05) is 35.0 Å². The molecule has 5 heteroatoms. The molecule has 1 amide bonds. The predicted molar refractivity (Wildman–Crippen MR) is 76.5 cm³/mol. The minimum absolute atomic E-state index is 0.182. The molecule has 0 aromatic heterocycles. The van der Waals surface area contributed by atoms with Crippen molar-refractivity contribution in [2.75, 3.05) is 30.3 Å². The quantitative estimate of drug-likeness (QED) is 0.812. The molecule has 17 heavy (non-hydrogen) atoms. The molecule has 0 aromatic rings. The van der Waals surface area contributed by atoms with Gasteiger partial charge in [-0.25, -0.2) is 0 Å². The lowest BCUT2D eigenvalue weighted by molar-refractivity contribution is -0.125. The second-order valence-corrected chi connectivity index (χ2v) is 7.40. The predicted octanol–water partition coefficient (Wildman–Crippen LogP) is 1.33. The third-order valence-electron chi connectivity index (χ3n) is 3.69. The van der Waals surface area contributed by atoms with Crippen molar-refractivity contribution in [3.05, 3.63) is 0 Å². The molecule has 1 heterocycles. The number of nitrogens with one attached hydrogen (secondary N) is 1. The lowest BCUT2D eigenvalue weighted by atomic mass is 9.95. The van der Waals surface area contributed by atoms with Gasteiger partial charge >= 0.3 is 0 Å². The third kappa shape index (κ3) is 3.80. The van der Waals surface area contributed by atoms with Crippen LogP contribution in [0.4, 0.5) is 0 Å². The van der Waals surface area contributed by atoms with Crippen molar-refractivity contribution in [1.29, 1.82) is 0 Å². The lowest BCUT2D eigenvalue weighted by Crippen LogP contribution is -2.39. The summed E-state index contributed by atoms with van der Waals surface area (Å²) in [5, 5.41) is 3.74. The molecule has 1 aliphatic carbocycles. The molecule has 98 valence electrons. The van der Waals surface area contributed by atoms with Gasteiger partial charge in [0.25, 0.3) is 0 Å². The molecule has 0 aromatic carbocycles. The molecule has 2 fully saturated rings. The van der Waals surface area contributed by atoms with Crippen LogP contribution in [0.15, 0.2) is 0 Å². The van der Waals surface area contributed by atoms with Crippen molar-refractivity contribution < 1.29 is 4.79 Å². The Bertz CT molecular complexity index is 257. The van der Waals surface area contributed by atoms with E-state index in [1.807, 2.05) is 23.5 Å². The molecule has 3 nitrogen and oxygen atoms in total. The highest BCUT2D eigenvalue weighted by Gasteiger charge is 2.32. The van der Waals surface area contributed by atoms with Gasteiger partial charge in [0.15, 0.2) is 0 Å². The summed E-state index contributed by atoms with van der Waals surface area (Å²) in [7, 11) is 0. The first-order chi connectivity index (χ1) is 8.31. The van der Waals surface area contributed by atoms with Gasteiger partial charge in [0.05, 0.1) is 0 Å². The van der Waals surface area contributed by atoms with Crippen molar-refractivity contribution in [2.24, 2.45) is 17.6 Å². The molecule has 1 saturated heterocycles. The molecule has 0 bridgehead atoms. The van der Waals surface area contributed by atoms with Crippen LogP contribution in [0.5, 0.6) is 0 Å². The second kappa shape index (κ2) is 6.90. The average molecular weight is 274 g/mol.